The maximum Gasteiger partial charge on any atom is 0.191 e. The van der Waals surface area contributed by atoms with Gasteiger partial charge in [-0.1, -0.05) is 48.3 Å². The van der Waals surface area contributed by atoms with Gasteiger partial charge in [-0.05, 0) is 38.7 Å². The summed E-state index contributed by atoms with van der Waals surface area (Å²) in [6.45, 7) is 5.68. The van der Waals surface area contributed by atoms with E-state index in [4.69, 9.17) is 4.52 Å². The number of guanidine groups is 1. The van der Waals surface area contributed by atoms with Crippen molar-refractivity contribution in [2.24, 2.45) is 4.99 Å². The van der Waals surface area contributed by atoms with Crippen LogP contribution in [0.4, 0.5) is 0 Å². The zero-order valence-electron chi connectivity index (χ0n) is 16.5. The Morgan fingerprint density at radius 1 is 1.15 bits per heavy atom. The second-order valence-corrected chi connectivity index (χ2v) is 7.26. The van der Waals surface area contributed by atoms with Gasteiger partial charge in [0.1, 0.15) is 5.76 Å². The summed E-state index contributed by atoms with van der Waals surface area (Å²) in [5.41, 5.74) is 3.82. The van der Waals surface area contributed by atoms with Gasteiger partial charge in [-0.15, -0.1) is 24.0 Å². The number of aromatic nitrogens is 1. The van der Waals surface area contributed by atoms with Gasteiger partial charge in [0.2, 0.25) is 0 Å². The first-order chi connectivity index (χ1) is 12.6. The van der Waals surface area contributed by atoms with Crippen LogP contribution in [-0.2, 0) is 11.8 Å². The lowest BCUT2D eigenvalue weighted by molar-refractivity contribution is 0.392. The molecule has 6 heteroatoms. The summed E-state index contributed by atoms with van der Waals surface area (Å²) in [5, 5.41) is 11.0. The number of aliphatic imine (C=N–C) groups is 1. The summed E-state index contributed by atoms with van der Waals surface area (Å²) in [4.78, 5) is 4.39. The van der Waals surface area contributed by atoms with E-state index in [0.717, 1.165) is 36.9 Å². The van der Waals surface area contributed by atoms with Gasteiger partial charge in [0, 0.05) is 31.1 Å². The molecular weight excluding hydrogens is 451 g/mol. The van der Waals surface area contributed by atoms with Gasteiger partial charge in [0.05, 0.1) is 5.69 Å². The normalized spacial score (nSPS) is 16.0. The molecule has 0 radical (unpaired) electrons. The quantitative estimate of drug-likeness (QED) is 0.369. The zero-order valence-corrected chi connectivity index (χ0v) is 18.9. The van der Waals surface area contributed by atoms with E-state index in [1.807, 2.05) is 20.9 Å². The number of aryl methyl sites for hydroxylation is 2. The van der Waals surface area contributed by atoms with Crippen molar-refractivity contribution in [2.75, 3.05) is 20.1 Å². The smallest absolute Gasteiger partial charge is 0.191 e. The van der Waals surface area contributed by atoms with Crippen molar-refractivity contribution in [1.29, 1.82) is 0 Å². The molecule has 0 bridgehead atoms. The van der Waals surface area contributed by atoms with Gasteiger partial charge >= 0.3 is 0 Å². The number of rotatable bonds is 6. The van der Waals surface area contributed by atoms with Crippen molar-refractivity contribution < 1.29 is 4.52 Å². The van der Waals surface area contributed by atoms with Gasteiger partial charge in [-0.2, -0.15) is 0 Å². The topological polar surface area (TPSA) is 62.5 Å². The third-order valence-corrected chi connectivity index (χ3v) is 5.61. The Morgan fingerprint density at radius 2 is 1.85 bits per heavy atom. The molecular formula is C21H31IN4O. The molecule has 1 aliphatic carbocycles. The van der Waals surface area contributed by atoms with E-state index in [0.29, 0.717) is 0 Å². The second kappa shape index (κ2) is 10.1. The summed E-state index contributed by atoms with van der Waals surface area (Å²) in [6.07, 6.45) is 5.95. The zero-order chi connectivity index (χ0) is 18.4. The van der Waals surface area contributed by atoms with Gasteiger partial charge < -0.3 is 15.2 Å². The molecule has 1 aromatic carbocycles. The lowest BCUT2D eigenvalue weighted by atomic mass is 9.79. The van der Waals surface area contributed by atoms with Crippen molar-refractivity contribution >= 4 is 29.9 Å². The fraction of sp³-hybridized carbons (Fsp3) is 0.524. The SMILES string of the molecule is CN=C(NCCc1c(C)noc1C)NCC1(c2ccccc2)CCCC1.I. The third-order valence-electron chi connectivity index (χ3n) is 5.61. The molecule has 1 aromatic heterocycles. The van der Waals surface area contributed by atoms with Crippen LogP contribution in [-0.4, -0.2) is 31.3 Å². The molecule has 27 heavy (non-hydrogen) atoms. The van der Waals surface area contributed by atoms with Crippen LogP contribution in [0.15, 0.2) is 39.8 Å². The Labute approximate surface area is 179 Å². The molecule has 1 saturated carbocycles. The van der Waals surface area contributed by atoms with Crippen molar-refractivity contribution in [3.8, 4) is 0 Å². The third kappa shape index (κ3) is 5.24. The van der Waals surface area contributed by atoms with Crippen molar-refractivity contribution in [1.82, 2.24) is 15.8 Å². The molecule has 2 N–H and O–H groups in total. The minimum Gasteiger partial charge on any atom is -0.361 e. The molecule has 1 aliphatic rings. The molecule has 0 amide bonds. The van der Waals surface area contributed by atoms with Gasteiger partial charge in [-0.25, -0.2) is 0 Å². The number of halogens is 1. The highest BCUT2D eigenvalue weighted by Gasteiger charge is 2.35. The summed E-state index contributed by atoms with van der Waals surface area (Å²) in [6, 6.07) is 10.9. The Hall–Kier alpha value is -1.57. The molecule has 0 unspecified atom stereocenters. The van der Waals surface area contributed by atoms with E-state index < -0.39 is 0 Å². The molecule has 3 rings (SSSR count). The number of hydrogen-bond acceptors (Lipinski definition) is 3. The monoisotopic (exact) mass is 482 g/mol. The van der Waals surface area contributed by atoms with E-state index >= 15 is 0 Å². The standard InChI is InChI=1S/C21H30N4O.HI/c1-16-19(17(2)26-25-16)11-14-23-20(22-3)24-15-21(12-7-8-13-21)18-9-5-4-6-10-18;/h4-6,9-10H,7-8,11-15H2,1-3H3,(H2,22,23,24);1H. The molecule has 0 aliphatic heterocycles. The first-order valence-electron chi connectivity index (χ1n) is 9.56. The lowest BCUT2D eigenvalue weighted by Crippen LogP contribution is -2.45. The van der Waals surface area contributed by atoms with Crippen LogP contribution in [0.5, 0.6) is 0 Å². The van der Waals surface area contributed by atoms with E-state index in [1.165, 1.54) is 36.8 Å². The van der Waals surface area contributed by atoms with E-state index in [1.54, 1.807) is 0 Å². The average molecular weight is 482 g/mol. The van der Waals surface area contributed by atoms with Crippen molar-refractivity contribution in [3.63, 3.8) is 0 Å². The highest BCUT2D eigenvalue weighted by Crippen LogP contribution is 2.40. The van der Waals surface area contributed by atoms with Crippen molar-refractivity contribution in [3.05, 3.63) is 52.9 Å². The molecule has 5 nitrogen and oxygen atoms in total. The number of nitrogens with zero attached hydrogens (tertiary/aromatic N) is 2. The van der Waals surface area contributed by atoms with E-state index in [2.05, 4.69) is 51.1 Å². The van der Waals surface area contributed by atoms with Crippen LogP contribution < -0.4 is 10.6 Å². The van der Waals surface area contributed by atoms with Crippen LogP contribution in [0.2, 0.25) is 0 Å². The highest BCUT2D eigenvalue weighted by atomic mass is 127. The van der Waals surface area contributed by atoms with Gasteiger partial charge in [-0.3, -0.25) is 4.99 Å². The first-order valence-corrected chi connectivity index (χ1v) is 9.56. The van der Waals surface area contributed by atoms with Crippen molar-refractivity contribution in [2.45, 2.75) is 51.4 Å². The fourth-order valence-electron chi connectivity index (χ4n) is 4.05. The average Bonchev–Trinajstić information content (AvgIpc) is 3.27. The summed E-state index contributed by atoms with van der Waals surface area (Å²) >= 11 is 0. The predicted molar refractivity (Wildman–Crippen MR) is 121 cm³/mol. The van der Waals surface area contributed by atoms with E-state index in [-0.39, 0.29) is 29.4 Å². The molecule has 2 aromatic rings. The minimum atomic E-state index is 0. The number of hydrogen-bond donors (Lipinski definition) is 2. The van der Waals surface area contributed by atoms with E-state index in [9.17, 15) is 0 Å². The highest BCUT2D eigenvalue weighted by molar-refractivity contribution is 14.0. The van der Waals surface area contributed by atoms with Crippen LogP contribution >= 0.6 is 24.0 Å². The van der Waals surface area contributed by atoms with Crippen LogP contribution in [0.25, 0.3) is 0 Å². The lowest BCUT2D eigenvalue weighted by Gasteiger charge is -2.30. The predicted octanol–water partition coefficient (Wildman–Crippen LogP) is 4.13. The summed E-state index contributed by atoms with van der Waals surface area (Å²) in [5.74, 6) is 1.76. The molecule has 0 spiro atoms. The second-order valence-electron chi connectivity index (χ2n) is 7.26. The van der Waals surface area contributed by atoms with Crippen LogP contribution in [0.3, 0.4) is 0 Å². The molecule has 0 atom stereocenters. The number of benzene rings is 1. The first kappa shape index (κ1) is 21.7. The Kier molecular flexibility index (Phi) is 8.13. The summed E-state index contributed by atoms with van der Waals surface area (Å²) in [7, 11) is 1.83. The Morgan fingerprint density at radius 3 is 2.44 bits per heavy atom. The Balaban J connectivity index is 0.00000261. The van der Waals surface area contributed by atoms with Gasteiger partial charge in [0.15, 0.2) is 5.96 Å². The molecule has 1 heterocycles. The molecule has 1 fully saturated rings. The molecule has 0 saturated heterocycles. The Bertz CT molecular complexity index is 716. The summed E-state index contributed by atoms with van der Waals surface area (Å²) < 4.78 is 5.23. The number of nitrogens with one attached hydrogen (secondary N) is 2. The minimum absolute atomic E-state index is 0. The maximum absolute atomic E-state index is 5.23. The maximum atomic E-state index is 5.23. The fourth-order valence-corrected chi connectivity index (χ4v) is 4.05. The van der Waals surface area contributed by atoms with Crippen LogP contribution in [0.1, 0.15) is 48.3 Å². The largest absolute Gasteiger partial charge is 0.361 e. The van der Waals surface area contributed by atoms with Crippen LogP contribution in [0, 0.1) is 13.8 Å². The molecule has 148 valence electrons. The van der Waals surface area contributed by atoms with Gasteiger partial charge in [0.25, 0.3) is 0 Å².